The highest BCUT2D eigenvalue weighted by Gasteiger charge is 2.18. The van der Waals surface area contributed by atoms with Gasteiger partial charge in [0.25, 0.3) is 0 Å². The topological polar surface area (TPSA) is 92.6 Å². The maximum atomic E-state index is 13.0. The lowest BCUT2D eigenvalue weighted by Crippen LogP contribution is -2.28. The zero-order chi connectivity index (χ0) is 13.2. The second kappa shape index (κ2) is 4.63. The number of nitro groups is 1. The van der Waals surface area contributed by atoms with E-state index in [9.17, 15) is 22.9 Å². The van der Waals surface area contributed by atoms with Crippen molar-refractivity contribution in [1.29, 1.82) is 0 Å². The van der Waals surface area contributed by atoms with Crippen LogP contribution in [0.2, 0.25) is 0 Å². The van der Waals surface area contributed by atoms with Gasteiger partial charge in [0.2, 0.25) is 5.82 Å². The number of anilines is 1. The van der Waals surface area contributed by atoms with Crippen molar-refractivity contribution in [2.45, 2.75) is 0 Å². The Morgan fingerprint density at radius 2 is 2.00 bits per heavy atom. The maximum absolute atomic E-state index is 13.0. The largest absolute Gasteiger partial charge is 0.306 e. The van der Waals surface area contributed by atoms with E-state index < -0.39 is 26.6 Å². The summed E-state index contributed by atoms with van der Waals surface area (Å²) in [5, 5.41) is 10.5. The summed E-state index contributed by atoms with van der Waals surface area (Å²) in [7, 11) is -1.18. The molecule has 0 unspecified atom stereocenters. The molecule has 9 heteroatoms. The molecule has 0 spiro atoms. The highest BCUT2D eigenvalue weighted by Crippen LogP contribution is 2.22. The Balaban J connectivity index is 3.10. The minimum atomic E-state index is -3.77. The molecule has 7 nitrogen and oxygen atoms in total. The number of halogens is 1. The fourth-order valence-corrected chi connectivity index (χ4v) is 1.56. The second-order valence-corrected chi connectivity index (χ2v) is 5.20. The molecular formula is C8H10FN3O4S. The Morgan fingerprint density at radius 1 is 1.41 bits per heavy atom. The Kier molecular flexibility index (Phi) is 3.63. The lowest BCUT2D eigenvalue weighted by atomic mass is 10.3. The van der Waals surface area contributed by atoms with Crippen LogP contribution in [-0.2, 0) is 10.2 Å². The molecule has 0 aliphatic carbocycles. The van der Waals surface area contributed by atoms with Crippen LogP contribution in [0.5, 0.6) is 0 Å². The van der Waals surface area contributed by atoms with E-state index in [-0.39, 0.29) is 5.69 Å². The monoisotopic (exact) mass is 263 g/mol. The quantitative estimate of drug-likeness (QED) is 0.646. The van der Waals surface area contributed by atoms with Gasteiger partial charge in [0.15, 0.2) is 0 Å². The lowest BCUT2D eigenvalue weighted by Gasteiger charge is -2.13. The first-order valence-electron chi connectivity index (χ1n) is 4.38. The lowest BCUT2D eigenvalue weighted by molar-refractivity contribution is -0.387. The number of hydrogen-bond donors (Lipinski definition) is 1. The Labute approximate surface area is 97.2 Å². The zero-order valence-electron chi connectivity index (χ0n) is 9.05. The molecule has 0 aliphatic rings. The molecule has 1 aromatic carbocycles. The average Bonchev–Trinajstić information content (AvgIpc) is 2.20. The Hall–Kier alpha value is -1.74. The molecule has 0 atom stereocenters. The van der Waals surface area contributed by atoms with Gasteiger partial charge in [0.1, 0.15) is 0 Å². The summed E-state index contributed by atoms with van der Waals surface area (Å²) in [5.74, 6) is -1.03. The van der Waals surface area contributed by atoms with E-state index >= 15 is 0 Å². The molecule has 0 saturated heterocycles. The molecule has 1 rings (SSSR count). The SMILES string of the molecule is CN(C)S(=O)(=O)Nc1ccc(F)c([N+](=O)[O-])c1. The minimum Gasteiger partial charge on any atom is -0.271 e. The second-order valence-electron chi connectivity index (χ2n) is 3.31. The van der Waals surface area contributed by atoms with Gasteiger partial charge in [-0.25, -0.2) is 0 Å². The molecule has 0 aliphatic heterocycles. The molecule has 0 amide bonds. The summed E-state index contributed by atoms with van der Waals surface area (Å²) in [6.45, 7) is 0. The van der Waals surface area contributed by atoms with Gasteiger partial charge < -0.3 is 0 Å². The van der Waals surface area contributed by atoms with Crippen LogP contribution in [0.3, 0.4) is 0 Å². The van der Waals surface area contributed by atoms with Gasteiger partial charge in [-0.15, -0.1) is 0 Å². The van der Waals surface area contributed by atoms with Gasteiger partial charge in [-0.05, 0) is 12.1 Å². The van der Waals surface area contributed by atoms with E-state index in [0.29, 0.717) is 0 Å². The summed E-state index contributed by atoms with van der Waals surface area (Å²) in [6, 6.07) is 2.74. The van der Waals surface area contributed by atoms with Crippen LogP contribution in [-0.4, -0.2) is 31.7 Å². The van der Waals surface area contributed by atoms with Crippen molar-refractivity contribution >= 4 is 21.6 Å². The molecular weight excluding hydrogens is 253 g/mol. The van der Waals surface area contributed by atoms with Gasteiger partial charge in [-0.1, -0.05) is 0 Å². The molecule has 1 N–H and O–H groups in total. The smallest absolute Gasteiger partial charge is 0.271 e. The summed E-state index contributed by atoms with van der Waals surface area (Å²) >= 11 is 0. The van der Waals surface area contributed by atoms with Gasteiger partial charge in [0, 0.05) is 20.2 Å². The van der Waals surface area contributed by atoms with E-state index in [1.165, 1.54) is 14.1 Å². The summed E-state index contributed by atoms with van der Waals surface area (Å²) in [5.41, 5.74) is -0.865. The number of nitrogens with zero attached hydrogens (tertiary/aromatic N) is 2. The van der Waals surface area contributed by atoms with Crippen molar-refractivity contribution in [3.05, 3.63) is 34.1 Å². The van der Waals surface area contributed by atoms with Crippen LogP contribution in [0.25, 0.3) is 0 Å². The summed E-state index contributed by atoms with van der Waals surface area (Å²) in [6.07, 6.45) is 0. The average molecular weight is 263 g/mol. The highest BCUT2D eigenvalue weighted by atomic mass is 32.2. The van der Waals surface area contributed by atoms with Gasteiger partial charge >= 0.3 is 15.9 Å². The third kappa shape index (κ3) is 3.11. The van der Waals surface area contributed by atoms with Crippen molar-refractivity contribution in [1.82, 2.24) is 4.31 Å². The number of rotatable bonds is 4. The van der Waals surface area contributed by atoms with Crippen LogP contribution >= 0.6 is 0 Å². The van der Waals surface area contributed by atoms with Gasteiger partial charge in [-0.3, -0.25) is 14.8 Å². The van der Waals surface area contributed by atoms with Gasteiger partial charge in [0.05, 0.1) is 10.6 Å². The van der Waals surface area contributed by atoms with Crippen LogP contribution in [0.1, 0.15) is 0 Å². The number of nitro benzene ring substituents is 1. The van der Waals surface area contributed by atoms with Crippen LogP contribution in [0, 0.1) is 15.9 Å². The van der Waals surface area contributed by atoms with Crippen molar-refractivity contribution in [2.24, 2.45) is 0 Å². The first-order valence-corrected chi connectivity index (χ1v) is 5.82. The van der Waals surface area contributed by atoms with Crippen LogP contribution in [0.15, 0.2) is 18.2 Å². The first kappa shape index (κ1) is 13.3. The number of hydrogen-bond acceptors (Lipinski definition) is 4. The zero-order valence-corrected chi connectivity index (χ0v) is 9.86. The molecule has 0 bridgehead atoms. The molecule has 0 radical (unpaired) electrons. The molecule has 0 fully saturated rings. The van der Waals surface area contributed by atoms with Crippen molar-refractivity contribution in [3.63, 3.8) is 0 Å². The molecule has 17 heavy (non-hydrogen) atoms. The number of nitrogens with one attached hydrogen (secondary N) is 1. The van der Waals surface area contributed by atoms with Crippen molar-refractivity contribution in [3.8, 4) is 0 Å². The van der Waals surface area contributed by atoms with E-state index in [1.54, 1.807) is 0 Å². The predicted octanol–water partition coefficient (Wildman–Crippen LogP) is 0.952. The summed E-state index contributed by atoms with van der Waals surface area (Å²) in [4.78, 5) is 9.52. The number of benzene rings is 1. The Bertz CT molecular complexity index is 544. The van der Waals surface area contributed by atoms with Gasteiger partial charge in [-0.2, -0.15) is 17.1 Å². The fourth-order valence-electron chi connectivity index (χ4n) is 0.956. The van der Waals surface area contributed by atoms with Crippen LogP contribution in [0.4, 0.5) is 15.8 Å². The van der Waals surface area contributed by atoms with E-state index in [2.05, 4.69) is 4.72 Å². The maximum Gasteiger partial charge on any atom is 0.306 e. The normalized spacial score (nSPS) is 11.5. The predicted molar refractivity (Wildman–Crippen MR) is 59.3 cm³/mol. The minimum absolute atomic E-state index is 0.0770. The fraction of sp³-hybridized carbons (Fsp3) is 0.250. The summed E-state index contributed by atoms with van der Waals surface area (Å²) < 4.78 is 38.8. The third-order valence-electron chi connectivity index (χ3n) is 1.87. The van der Waals surface area contributed by atoms with E-state index in [0.717, 1.165) is 22.5 Å². The third-order valence-corrected chi connectivity index (χ3v) is 3.33. The molecule has 0 heterocycles. The van der Waals surface area contributed by atoms with E-state index in [1.807, 2.05) is 0 Å². The standard InChI is InChI=1S/C8H10FN3O4S/c1-11(2)17(15,16)10-6-3-4-7(9)8(5-6)12(13)14/h3-5,10H,1-2H3. The Morgan fingerprint density at radius 3 is 2.47 bits per heavy atom. The first-order chi connectivity index (χ1) is 7.74. The molecule has 0 saturated carbocycles. The van der Waals surface area contributed by atoms with Crippen molar-refractivity contribution < 1.29 is 17.7 Å². The molecule has 94 valence electrons. The van der Waals surface area contributed by atoms with Crippen LogP contribution < -0.4 is 4.72 Å². The highest BCUT2D eigenvalue weighted by molar-refractivity contribution is 7.90. The molecule has 0 aromatic heterocycles. The van der Waals surface area contributed by atoms with E-state index in [4.69, 9.17) is 0 Å². The van der Waals surface area contributed by atoms with Crippen molar-refractivity contribution in [2.75, 3.05) is 18.8 Å². The molecule has 1 aromatic rings.